The fourth-order valence-corrected chi connectivity index (χ4v) is 4.26. The monoisotopic (exact) mass is 390 g/mol. The molecule has 1 aromatic carbocycles. The molecule has 1 N–H and O–H groups in total. The van der Waals surface area contributed by atoms with Crippen molar-refractivity contribution in [3.05, 3.63) is 22.3 Å². The molecule has 0 fully saturated rings. The Balaban J connectivity index is 2.02. The summed E-state index contributed by atoms with van der Waals surface area (Å²) in [7, 11) is 0. The van der Waals surface area contributed by atoms with Gasteiger partial charge >= 0.3 is 5.97 Å². The van der Waals surface area contributed by atoms with E-state index in [0.29, 0.717) is 5.75 Å². The fraction of sp³-hybridized carbons (Fsp3) is 0.708. The molecule has 2 rings (SSSR count). The Morgan fingerprint density at radius 3 is 2.32 bits per heavy atom. The minimum absolute atomic E-state index is 0.108. The minimum Gasteiger partial charge on any atom is -0.487 e. The molecule has 0 amide bonds. The summed E-state index contributed by atoms with van der Waals surface area (Å²) in [4.78, 5) is 10.9. The second-order valence-electron chi connectivity index (χ2n) is 8.62. The minimum atomic E-state index is -0.951. The molecule has 1 atom stereocenters. The quantitative estimate of drug-likeness (QED) is 0.450. The van der Waals surface area contributed by atoms with Crippen LogP contribution in [0, 0.1) is 20.8 Å². The number of benzene rings is 1. The van der Waals surface area contributed by atoms with Gasteiger partial charge in [-0.25, -0.2) is 4.79 Å². The summed E-state index contributed by atoms with van der Waals surface area (Å²) in [6.07, 6.45) is 12.2. The summed E-state index contributed by atoms with van der Waals surface area (Å²) >= 11 is 0. The third-order valence-corrected chi connectivity index (χ3v) is 6.21. The lowest BCUT2D eigenvalue weighted by Crippen LogP contribution is -2.37. The topological polar surface area (TPSA) is 55.8 Å². The van der Waals surface area contributed by atoms with E-state index < -0.39 is 5.97 Å². The Bertz CT molecular complexity index is 680. The summed E-state index contributed by atoms with van der Waals surface area (Å²) in [5, 5.41) is 8.95. The van der Waals surface area contributed by atoms with E-state index in [4.69, 9.17) is 14.6 Å². The Labute approximate surface area is 170 Å². The molecule has 1 heterocycles. The average Bonchev–Trinajstić information content (AvgIpc) is 2.65. The fourth-order valence-electron chi connectivity index (χ4n) is 4.26. The van der Waals surface area contributed by atoms with Gasteiger partial charge in [0.25, 0.3) is 0 Å². The first-order valence-electron chi connectivity index (χ1n) is 11.0. The zero-order valence-corrected chi connectivity index (χ0v) is 18.5. The van der Waals surface area contributed by atoms with E-state index in [9.17, 15) is 4.79 Å². The van der Waals surface area contributed by atoms with Crippen LogP contribution < -0.4 is 9.47 Å². The van der Waals surface area contributed by atoms with Crippen molar-refractivity contribution < 1.29 is 19.4 Å². The first-order chi connectivity index (χ1) is 13.3. The second-order valence-corrected chi connectivity index (χ2v) is 8.62. The second kappa shape index (κ2) is 10.2. The maximum Gasteiger partial charge on any atom is 0.341 e. The van der Waals surface area contributed by atoms with Crippen molar-refractivity contribution in [2.45, 2.75) is 104 Å². The van der Waals surface area contributed by atoms with Gasteiger partial charge in [0, 0.05) is 5.56 Å². The van der Waals surface area contributed by atoms with Crippen LogP contribution in [0.3, 0.4) is 0 Å². The molecule has 1 aliphatic rings. The van der Waals surface area contributed by atoms with Crippen LogP contribution in [-0.4, -0.2) is 23.3 Å². The van der Waals surface area contributed by atoms with Crippen molar-refractivity contribution in [3.8, 4) is 11.5 Å². The molecule has 158 valence electrons. The van der Waals surface area contributed by atoms with Crippen LogP contribution in [-0.2, 0) is 11.2 Å². The number of carbonyl (C=O) groups is 1. The first kappa shape index (κ1) is 22.6. The predicted octanol–water partition coefficient (Wildman–Crippen LogP) is 6.30. The molecule has 0 bridgehead atoms. The number of carboxylic acids is 1. The number of aliphatic carboxylic acids is 1. The van der Waals surface area contributed by atoms with Gasteiger partial charge in [0.2, 0.25) is 0 Å². The smallest absolute Gasteiger partial charge is 0.341 e. The summed E-state index contributed by atoms with van der Waals surface area (Å²) in [5.74, 6) is 0.750. The summed E-state index contributed by atoms with van der Waals surface area (Å²) < 4.78 is 12.2. The number of ether oxygens (including phenoxy) is 2. The van der Waals surface area contributed by atoms with Gasteiger partial charge in [0.15, 0.2) is 6.61 Å². The zero-order valence-electron chi connectivity index (χ0n) is 18.5. The van der Waals surface area contributed by atoms with Gasteiger partial charge in [0.1, 0.15) is 17.1 Å². The van der Waals surface area contributed by atoms with Crippen molar-refractivity contribution in [3.63, 3.8) is 0 Å². The lowest BCUT2D eigenvalue weighted by Gasteiger charge is -2.38. The van der Waals surface area contributed by atoms with E-state index in [2.05, 4.69) is 20.8 Å². The molecule has 1 aliphatic heterocycles. The van der Waals surface area contributed by atoms with Crippen molar-refractivity contribution in [1.29, 1.82) is 0 Å². The van der Waals surface area contributed by atoms with Crippen LogP contribution in [0.1, 0.15) is 93.9 Å². The van der Waals surface area contributed by atoms with Crippen LogP contribution >= 0.6 is 0 Å². The highest BCUT2D eigenvalue weighted by atomic mass is 16.5. The number of unbranched alkanes of at least 4 members (excludes halogenated alkanes) is 6. The molecule has 0 spiro atoms. The van der Waals surface area contributed by atoms with E-state index in [1.165, 1.54) is 50.5 Å². The van der Waals surface area contributed by atoms with Crippen molar-refractivity contribution >= 4 is 5.97 Å². The van der Waals surface area contributed by atoms with Crippen LogP contribution in [0.5, 0.6) is 11.5 Å². The maximum absolute atomic E-state index is 10.9. The Hall–Kier alpha value is -1.71. The average molecular weight is 391 g/mol. The van der Waals surface area contributed by atoms with Gasteiger partial charge in [-0.2, -0.15) is 0 Å². The largest absolute Gasteiger partial charge is 0.487 e. The number of rotatable bonds is 11. The van der Waals surface area contributed by atoms with Gasteiger partial charge < -0.3 is 14.6 Å². The predicted molar refractivity (Wildman–Crippen MR) is 114 cm³/mol. The SMILES string of the molecule is CCCCCCCCC[C@]1(C)CCc2c(C)c(OCC(=O)O)c(C)c(C)c2O1. The third-order valence-electron chi connectivity index (χ3n) is 6.21. The van der Waals surface area contributed by atoms with Gasteiger partial charge in [-0.3, -0.25) is 0 Å². The van der Waals surface area contributed by atoms with Gasteiger partial charge in [-0.15, -0.1) is 0 Å². The zero-order chi connectivity index (χ0) is 20.7. The summed E-state index contributed by atoms with van der Waals surface area (Å²) in [6.45, 7) is 10.3. The molecule has 4 nitrogen and oxygen atoms in total. The van der Waals surface area contributed by atoms with E-state index in [1.807, 2.05) is 13.8 Å². The molecule has 0 aromatic heterocycles. The van der Waals surface area contributed by atoms with Gasteiger partial charge in [-0.05, 0) is 70.1 Å². The summed E-state index contributed by atoms with van der Waals surface area (Å²) in [5.41, 5.74) is 4.16. The van der Waals surface area contributed by atoms with Crippen LogP contribution in [0.2, 0.25) is 0 Å². The number of carboxylic acid groups (broad SMARTS) is 1. The Kier molecular flexibility index (Phi) is 8.21. The van der Waals surface area contributed by atoms with Crippen LogP contribution in [0.15, 0.2) is 0 Å². The number of hydrogen-bond donors (Lipinski definition) is 1. The van der Waals surface area contributed by atoms with E-state index in [0.717, 1.165) is 41.7 Å². The van der Waals surface area contributed by atoms with E-state index in [1.54, 1.807) is 0 Å². The molecule has 0 unspecified atom stereocenters. The maximum atomic E-state index is 10.9. The highest BCUT2D eigenvalue weighted by Gasteiger charge is 2.34. The first-order valence-corrected chi connectivity index (χ1v) is 11.0. The molecular formula is C24H38O4. The molecular weight excluding hydrogens is 352 g/mol. The highest BCUT2D eigenvalue weighted by molar-refractivity contribution is 5.69. The van der Waals surface area contributed by atoms with Crippen molar-refractivity contribution in [1.82, 2.24) is 0 Å². The molecule has 4 heteroatoms. The van der Waals surface area contributed by atoms with Crippen molar-refractivity contribution in [2.24, 2.45) is 0 Å². The molecule has 0 aliphatic carbocycles. The highest BCUT2D eigenvalue weighted by Crippen LogP contribution is 2.44. The number of fused-ring (bicyclic) bond motifs is 1. The van der Waals surface area contributed by atoms with Gasteiger partial charge in [0.05, 0.1) is 0 Å². The lowest BCUT2D eigenvalue weighted by molar-refractivity contribution is -0.139. The normalized spacial score (nSPS) is 18.5. The molecule has 0 radical (unpaired) electrons. The van der Waals surface area contributed by atoms with Crippen LogP contribution in [0.25, 0.3) is 0 Å². The number of hydrogen-bond acceptors (Lipinski definition) is 3. The van der Waals surface area contributed by atoms with Gasteiger partial charge in [-0.1, -0.05) is 45.4 Å². The van der Waals surface area contributed by atoms with E-state index >= 15 is 0 Å². The van der Waals surface area contributed by atoms with Crippen molar-refractivity contribution in [2.75, 3.05) is 6.61 Å². The summed E-state index contributed by atoms with van der Waals surface area (Å²) in [6, 6.07) is 0. The molecule has 0 saturated carbocycles. The Morgan fingerprint density at radius 1 is 1.04 bits per heavy atom. The molecule has 1 aromatic rings. The Morgan fingerprint density at radius 2 is 1.68 bits per heavy atom. The van der Waals surface area contributed by atoms with E-state index in [-0.39, 0.29) is 12.2 Å². The molecule has 28 heavy (non-hydrogen) atoms. The standard InChI is InChI=1S/C24H38O4/c1-6-7-8-9-10-11-12-14-24(5)15-13-20-19(4)22(27-16-21(25)26)17(2)18(3)23(20)28-24/h6-16H2,1-5H3,(H,25,26)/t24-/m1/s1. The third kappa shape index (κ3) is 5.65. The lowest BCUT2D eigenvalue weighted by atomic mass is 9.84. The van der Waals surface area contributed by atoms with Crippen LogP contribution in [0.4, 0.5) is 0 Å². The molecule has 0 saturated heterocycles.